The zero-order chi connectivity index (χ0) is 46.0. The maximum Gasteiger partial charge on any atom is 0.410 e. The molecule has 0 spiro atoms. The molecule has 6 aromatic rings. The number of anilines is 1. The fourth-order valence-corrected chi connectivity index (χ4v) is 8.78. The zero-order valence-electron chi connectivity index (χ0n) is 34.1. The number of allylic oxidation sites excluding steroid dienone is 2. The second kappa shape index (κ2) is 14.1. The second-order valence-corrected chi connectivity index (χ2v) is 16.2. The minimum Gasteiger partial charge on any atom is -0.457 e. The van der Waals surface area contributed by atoms with Gasteiger partial charge in [-0.05, 0) is 110 Å². The molecular weight excluding hydrogens is 859 g/mol. The molecule has 0 fully saturated rings. The molecule has 10 rings (SSSR count). The van der Waals surface area contributed by atoms with E-state index in [4.69, 9.17) is 13.9 Å². The molecule has 5 aromatic carbocycles. The highest BCUT2D eigenvalue weighted by atomic mass is 19.4. The number of hydrogen-bond acceptors (Lipinski definition) is 9. The first-order valence-corrected chi connectivity index (χ1v) is 19.9. The van der Waals surface area contributed by atoms with Crippen molar-refractivity contribution in [1.29, 1.82) is 0 Å². The molecule has 326 valence electrons. The van der Waals surface area contributed by atoms with Gasteiger partial charge in [-0.25, -0.2) is 14.9 Å². The lowest BCUT2D eigenvalue weighted by Gasteiger charge is -2.42. The van der Waals surface area contributed by atoms with Gasteiger partial charge in [-0.1, -0.05) is 35.9 Å². The van der Waals surface area contributed by atoms with Crippen molar-refractivity contribution in [2.24, 2.45) is 4.99 Å². The van der Waals surface area contributed by atoms with Crippen molar-refractivity contribution in [3.8, 4) is 23.0 Å². The summed E-state index contributed by atoms with van der Waals surface area (Å²) in [5.41, 5.74) is -6.68. The van der Waals surface area contributed by atoms with Crippen LogP contribution in [0.5, 0.6) is 11.5 Å². The number of hydrogen-bond donors (Lipinski definition) is 0. The van der Waals surface area contributed by atoms with E-state index in [1.807, 2.05) is 13.0 Å². The highest BCUT2D eigenvalue weighted by molar-refractivity contribution is 6.34. The fraction of sp³-hybridized carbons (Fsp3) is 0.167. The Kier molecular flexibility index (Phi) is 8.93. The summed E-state index contributed by atoms with van der Waals surface area (Å²) in [5.74, 6) is -2.05. The van der Waals surface area contributed by atoms with Gasteiger partial charge in [0.2, 0.25) is 17.2 Å². The number of fused-ring (bicyclic) bond motifs is 4. The van der Waals surface area contributed by atoms with Crippen LogP contribution in [0, 0.1) is 6.92 Å². The highest BCUT2D eigenvalue weighted by Gasteiger charge is 2.74. The Hall–Kier alpha value is -7.82. The third kappa shape index (κ3) is 6.27. The van der Waals surface area contributed by atoms with E-state index in [-0.39, 0.29) is 73.7 Å². The van der Waals surface area contributed by atoms with Crippen LogP contribution in [0.15, 0.2) is 136 Å². The quantitative estimate of drug-likeness (QED) is 0.114. The molecule has 3 aliphatic heterocycles. The predicted octanol–water partition coefficient (Wildman–Crippen LogP) is 10.4. The third-order valence-corrected chi connectivity index (χ3v) is 12.0. The summed E-state index contributed by atoms with van der Waals surface area (Å²) in [6, 6.07) is 23.7. The average Bonchev–Trinajstić information content (AvgIpc) is 3.97. The molecule has 1 unspecified atom stereocenters. The number of oxazole rings is 1. The number of benzene rings is 5. The first-order valence-electron chi connectivity index (χ1n) is 19.9. The van der Waals surface area contributed by atoms with E-state index < -0.39 is 64.5 Å². The van der Waals surface area contributed by atoms with Gasteiger partial charge in [0.25, 0.3) is 23.6 Å². The minimum atomic E-state index is -5.89. The Balaban J connectivity index is 0.948. The van der Waals surface area contributed by atoms with E-state index in [2.05, 4.69) is 9.98 Å². The number of carbonyl (C=O) groups is 4. The summed E-state index contributed by atoms with van der Waals surface area (Å²) in [6.45, 7) is 3.24. The fourth-order valence-electron chi connectivity index (χ4n) is 8.78. The molecule has 0 saturated carbocycles. The number of nitrogens with zero attached hydrogens (tertiary/aromatic N) is 4. The zero-order valence-corrected chi connectivity index (χ0v) is 34.1. The molecule has 0 saturated heterocycles. The van der Waals surface area contributed by atoms with Gasteiger partial charge < -0.3 is 13.9 Å². The predicted molar refractivity (Wildman–Crippen MR) is 222 cm³/mol. The molecule has 0 radical (unpaired) electrons. The van der Waals surface area contributed by atoms with Gasteiger partial charge in [0.1, 0.15) is 28.3 Å². The van der Waals surface area contributed by atoms with Crippen molar-refractivity contribution in [2.75, 3.05) is 11.9 Å². The molecule has 4 aliphatic rings. The van der Waals surface area contributed by atoms with Crippen molar-refractivity contribution in [1.82, 2.24) is 9.88 Å². The number of carbonyl (C=O) groups excluding carboxylic acids is 4. The molecule has 1 atom stereocenters. The standard InChI is InChI=1S/C48H30F6N4O7/c1-24-6-4-7-25(18-24)40-56-45(2)23-28(11-17-38(45)65-40)46(47(49,50)51,48(52,53)54)27-10-16-37-36(20-27)55-39(64-37)26-8-5-9-29(19-26)58-43(61)33-15-13-31(22-35(33)44(58)62)63-30-12-14-32-34(21-30)42(60)57(3)41(32)59/h4-22H,23H2,1-3H3. The summed E-state index contributed by atoms with van der Waals surface area (Å²) >= 11 is 0. The van der Waals surface area contributed by atoms with Crippen LogP contribution in [-0.4, -0.2) is 64.3 Å². The van der Waals surface area contributed by atoms with Crippen LogP contribution in [0.1, 0.15) is 71.5 Å². The third-order valence-electron chi connectivity index (χ3n) is 12.0. The number of aliphatic imine (C=N–C) groups is 1. The Morgan fingerprint density at radius 1 is 0.692 bits per heavy atom. The molecule has 4 heterocycles. The monoisotopic (exact) mass is 888 g/mol. The number of ether oxygens (including phenoxy) is 2. The van der Waals surface area contributed by atoms with E-state index in [9.17, 15) is 19.2 Å². The Morgan fingerprint density at radius 3 is 2.02 bits per heavy atom. The number of aromatic nitrogens is 1. The summed E-state index contributed by atoms with van der Waals surface area (Å²) in [6.07, 6.45) is -10.7. The number of halogens is 6. The van der Waals surface area contributed by atoms with Crippen molar-refractivity contribution in [2.45, 2.75) is 43.6 Å². The Morgan fingerprint density at radius 2 is 1.32 bits per heavy atom. The van der Waals surface area contributed by atoms with E-state index in [1.54, 1.807) is 18.2 Å². The smallest absolute Gasteiger partial charge is 0.410 e. The molecule has 0 bridgehead atoms. The topological polar surface area (TPSA) is 132 Å². The average molecular weight is 889 g/mol. The van der Waals surface area contributed by atoms with Crippen molar-refractivity contribution in [3.05, 3.63) is 166 Å². The molecule has 1 aromatic heterocycles. The SMILES string of the molecule is Cc1cccc(C2=NC3(C)CC(C(c4ccc5oc(-c6cccc(N7C(=O)c8ccc(Oc9ccc%10c(c9)C(=O)N(C)C%10=O)cc8C7=O)c6)nc5c4)(C(F)(F)F)C(F)(F)F)=CC=C3O2)c1. The summed E-state index contributed by atoms with van der Waals surface area (Å²) in [7, 11) is 1.36. The van der Waals surface area contributed by atoms with Crippen LogP contribution in [0.3, 0.4) is 0 Å². The van der Waals surface area contributed by atoms with Gasteiger partial charge in [0, 0.05) is 24.6 Å². The molecule has 17 heteroatoms. The van der Waals surface area contributed by atoms with Crippen LogP contribution in [0.25, 0.3) is 22.6 Å². The molecule has 65 heavy (non-hydrogen) atoms. The largest absolute Gasteiger partial charge is 0.457 e. The van der Waals surface area contributed by atoms with Crippen LogP contribution in [0.4, 0.5) is 32.0 Å². The normalized spacial score (nSPS) is 18.4. The van der Waals surface area contributed by atoms with Crippen molar-refractivity contribution >= 4 is 46.3 Å². The number of rotatable bonds is 7. The lowest BCUT2D eigenvalue weighted by Crippen LogP contribution is -2.56. The molecule has 4 amide bonds. The van der Waals surface area contributed by atoms with Gasteiger partial charge in [0.15, 0.2) is 5.58 Å². The van der Waals surface area contributed by atoms with Crippen LogP contribution < -0.4 is 9.64 Å². The maximum absolute atomic E-state index is 15.4. The highest BCUT2D eigenvalue weighted by Crippen LogP contribution is 2.60. The lowest BCUT2D eigenvalue weighted by atomic mass is 9.67. The summed E-state index contributed by atoms with van der Waals surface area (Å²) < 4.78 is 110. The number of amides is 4. The van der Waals surface area contributed by atoms with Gasteiger partial charge >= 0.3 is 12.4 Å². The molecule has 0 N–H and O–H groups in total. The number of alkyl halides is 6. The van der Waals surface area contributed by atoms with Crippen LogP contribution in [0.2, 0.25) is 0 Å². The van der Waals surface area contributed by atoms with Crippen LogP contribution in [-0.2, 0) is 10.2 Å². The first kappa shape index (κ1) is 41.2. The van der Waals surface area contributed by atoms with E-state index in [1.165, 1.54) is 74.6 Å². The maximum atomic E-state index is 15.4. The van der Waals surface area contributed by atoms with E-state index in [0.717, 1.165) is 33.6 Å². The Bertz CT molecular complexity index is 3210. The van der Waals surface area contributed by atoms with E-state index in [0.29, 0.717) is 17.7 Å². The molecular formula is C48H30F6N4O7. The minimum absolute atomic E-state index is 0.00924. The van der Waals surface area contributed by atoms with Gasteiger partial charge in [-0.3, -0.25) is 24.1 Å². The lowest BCUT2D eigenvalue weighted by molar-refractivity contribution is -0.290. The van der Waals surface area contributed by atoms with Crippen LogP contribution >= 0.6 is 0 Å². The van der Waals surface area contributed by atoms with Gasteiger partial charge in [0.05, 0.1) is 27.9 Å². The Labute approximate surface area is 363 Å². The summed E-state index contributed by atoms with van der Waals surface area (Å²) in [4.78, 5) is 62.9. The van der Waals surface area contributed by atoms with Crippen molar-refractivity contribution in [3.63, 3.8) is 0 Å². The number of aryl methyl sites for hydroxylation is 1. The van der Waals surface area contributed by atoms with Crippen molar-refractivity contribution < 1.29 is 59.4 Å². The van der Waals surface area contributed by atoms with E-state index >= 15 is 26.3 Å². The first-order chi connectivity index (χ1) is 30.8. The molecule has 11 nitrogen and oxygen atoms in total. The summed E-state index contributed by atoms with van der Waals surface area (Å²) in [5, 5.41) is 0. The van der Waals surface area contributed by atoms with Gasteiger partial charge in [-0.15, -0.1) is 0 Å². The number of imide groups is 2. The second-order valence-electron chi connectivity index (χ2n) is 16.2. The van der Waals surface area contributed by atoms with Gasteiger partial charge in [-0.2, -0.15) is 26.3 Å². The molecule has 1 aliphatic carbocycles.